The van der Waals surface area contributed by atoms with Crippen LogP contribution in [0.2, 0.25) is 0 Å². The van der Waals surface area contributed by atoms with Crippen molar-refractivity contribution in [3.8, 4) is 44.5 Å². The van der Waals surface area contributed by atoms with Gasteiger partial charge in [0, 0.05) is 66.0 Å². The summed E-state index contributed by atoms with van der Waals surface area (Å²) in [6.45, 7) is 7.29. The first-order valence-electron chi connectivity index (χ1n) is 35.4. The highest BCUT2D eigenvalue weighted by Crippen LogP contribution is 2.35. The molecule has 18 nitrogen and oxygen atoms in total. The second-order valence-electron chi connectivity index (χ2n) is 25.5. The van der Waals surface area contributed by atoms with E-state index in [0.29, 0.717) is 42.0 Å². The average Bonchev–Trinajstić information content (AvgIpc) is 0.798. The van der Waals surface area contributed by atoms with Gasteiger partial charge in [0.2, 0.25) is 0 Å². The summed E-state index contributed by atoms with van der Waals surface area (Å²) in [4.78, 5) is 69.9. The molecule has 20 heteroatoms. The predicted octanol–water partition coefficient (Wildman–Crippen LogP) is 18.9. The Morgan fingerprint density at radius 2 is 0.812 bits per heavy atom. The van der Waals surface area contributed by atoms with Crippen LogP contribution < -0.4 is 4.72 Å². The van der Waals surface area contributed by atoms with Gasteiger partial charge in [-0.1, -0.05) is 236 Å². The molecule has 1 aromatic heterocycles. The fraction of sp³-hybridized carbons (Fsp3) is 0.0761. The van der Waals surface area contributed by atoms with Crippen molar-refractivity contribution in [3.63, 3.8) is 0 Å². The van der Waals surface area contributed by atoms with Crippen molar-refractivity contribution in [2.24, 2.45) is 25.0 Å². The third-order valence-electron chi connectivity index (χ3n) is 18.2. The second-order valence-corrected chi connectivity index (χ2v) is 26.3. The first-order valence-corrected chi connectivity index (χ1v) is 37.1. The predicted molar refractivity (Wildman–Crippen MR) is 454 cm³/mol. The number of aryl methyl sites for hydroxylation is 1. The van der Waals surface area contributed by atoms with E-state index in [1.165, 1.54) is 16.7 Å². The normalized spacial score (nSPS) is 13.2. The van der Waals surface area contributed by atoms with E-state index >= 15 is 0 Å². The van der Waals surface area contributed by atoms with E-state index < -0.39 is 40.7 Å². The standard InChI is InChI=1S/2C21H15NO2.C17H13NO2.C12H11NO.C11H11N.C10H10N2O2S.O2S/c23-21(24)20-12-15(16-10-11-22-13-16)8-9-19(20)18-7-3-5-14-4-1-2-6-17(14)18;23-21(24)20-12-16(18-9-10-22-13-18)7-8-19(20)17-6-5-14-3-1-2-4-15(14)11-17;19-17(20)16-10-13(14-8-9-18-11-14)6-7-15(16)12-4-2-1-3-5-12;1-9(14)10-3-2-4-11(7-10)12-5-6-13-8-12;1-9-3-2-4-10(7-9)11-5-6-12-8-11;13-15(14)12-10-3-1-2-8(6-10)9-4-5-11-7-9;1-3-2/h1-10,12-13H,11H2,(H,23,24);1-13,22H,(H,23,24);1-8,10-11H,9H2,(H,19,20);2-5,7-8H,6H2,1H3;2-5,7-8H,6H2,1H3;1-4,6-7,12H,5H2,(H,13,14);/p-1. The zero-order valence-electron chi connectivity index (χ0n) is 60.8. The quantitative estimate of drug-likeness (QED) is 0.0475. The van der Waals surface area contributed by atoms with E-state index in [1.807, 2.05) is 231 Å². The Bertz CT molecular complexity index is 5880. The monoisotopic (exact) mass is 1520 g/mol. The minimum Gasteiger partial charge on any atom is -0.755 e. The van der Waals surface area contributed by atoms with Gasteiger partial charge in [-0.25, -0.2) is 14.4 Å². The van der Waals surface area contributed by atoms with Crippen LogP contribution >= 0.6 is 0 Å². The van der Waals surface area contributed by atoms with Crippen LogP contribution in [0, 0.1) is 6.92 Å². The van der Waals surface area contributed by atoms with Crippen molar-refractivity contribution >= 4 is 133 Å². The largest absolute Gasteiger partial charge is 0.755 e. The van der Waals surface area contributed by atoms with Crippen LogP contribution in [0.4, 0.5) is 5.69 Å². The number of nitrogens with zero attached hydrogens (tertiary/aromatic N) is 5. The van der Waals surface area contributed by atoms with E-state index in [4.69, 9.17) is 8.42 Å². The van der Waals surface area contributed by atoms with Crippen molar-refractivity contribution in [2.45, 2.75) is 13.8 Å². The molecule has 0 bridgehead atoms. The number of anilines is 1. The number of aromatic amines is 1. The number of nitrogens with one attached hydrogen (secondary N) is 2. The van der Waals surface area contributed by atoms with Crippen molar-refractivity contribution in [2.75, 3.05) is 37.4 Å². The molecule has 5 N–H and O–H groups in total. The molecule has 12 aromatic rings. The van der Waals surface area contributed by atoms with Crippen LogP contribution in [0.1, 0.15) is 81.7 Å². The third kappa shape index (κ3) is 21.3. The Labute approximate surface area is 653 Å². The van der Waals surface area contributed by atoms with E-state index in [1.54, 1.807) is 62.0 Å². The highest BCUT2D eigenvalue weighted by Gasteiger charge is 2.19. The third-order valence-corrected chi connectivity index (χ3v) is 18.6. The van der Waals surface area contributed by atoms with Crippen LogP contribution in [0.25, 0.3) is 93.9 Å². The average molecular weight is 1520 g/mol. The number of carboxylic acid groups (broad SMARTS) is 3. The summed E-state index contributed by atoms with van der Waals surface area (Å²) in [5, 5.41) is 33.2. The van der Waals surface area contributed by atoms with Crippen LogP contribution in [-0.4, -0.2) is 125 Å². The molecule has 0 radical (unpaired) electrons. The number of carboxylic acids is 3. The lowest BCUT2D eigenvalue weighted by Crippen LogP contribution is -2.02. The van der Waals surface area contributed by atoms with Gasteiger partial charge in [-0.15, -0.1) is 0 Å². The zero-order chi connectivity index (χ0) is 78.7. The number of carbonyl (C=O) groups excluding carboxylic acids is 1. The maximum Gasteiger partial charge on any atom is 0.336 e. The second kappa shape index (κ2) is 39.3. The lowest BCUT2D eigenvalue weighted by Gasteiger charge is -2.12. The molecule has 5 aliphatic rings. The molecular formula is C92H74N7O11S2-. The maximum atomic E-state index is 11.8. The number of ketones is 1. The van der Waals surface area contributed by atoms with E-state index in [2.05, 4.69) is 78.0 Å². The summed E-state index contributed by atoms with van der Waals surface area (Å²) in [7, 11) is 0. The number of allylic oxidation sites excluding steroid dienone is 5. The minimum atomic E-state index is -2.28. The SMILES string of the molecule is CC(=O)c1cccc(C2=CCN=C2)c1.Cc1cccc(C2=CCN=C2)c1.O=C(O)c1cc(-c2cc[nH]c2)ccc1-c1ccc2ccccc2c1.O=C(O)c1cc(C2=CCN=C2)ccc1-c1cccc2ccccc12.O=C(O)c1cc(C2=CCN=C2)ccc1-c1ccccc1.O=S([O-])Nc1cccc(C2=CCN=C2)c1.O=S=O. The van der Waals surface area contributed by atoms with Gasteiger partial charge >= 0.3 is 29.5 Å². The number of carbonyl (C=O) groups is 4. The summed E-state index contributed by atoms with van der Waals surface area (Å²) >= 11 is -3.03. The molecule has 0 saturated heterocycles. The molecule has 0 aliphatic carbocycles. The molecule has 556 valence electrons. The first-order chi connectivity index (χ1) is 54.5. The number of Topliss-reactive ketones (excluding diaryl/α,β-unsaturated/α-hetero) is 1. The van der Waals surface area contributed by atoms with Crippen molar-refractivity contribution in [1.82, 2.24) is 4.98 Å². The molecule has 11 aromatic carbocycles. The van der Waals surface area contributed by atoms with Crippen molar-refractivity contribution < 1.29 is 51.7 Å². The Kier molecular flexibility index (Phi) is 27.7. The first kappa shape index (κ1) is 79.1. The summed E-state index contributed by atoms with van der Waals surface area (Å²) < 4.78 is 39.8. The van der Waals surface area contributed by atoms with E-state index in [9.17, 15) is 43.3 Å². The van der Waals surface area contributed by atoms with Gasteiger partial charge in [0.25, 0.3) is 0 Å². The van der Waals surface area contributed by atoms with Crippen molar-refractivity contribution in [3.05, 3.63) is 347 Å². The zero-order valence-corrected chi connectivity index (χ0v) is 62.4. The van der Waals surface area contributed by atoms with Crippen LogP contribution in [0.3, 0.4) is 0 Å². The molecule has 112 heavy (non-hydrogen) atoms. The summed E-state index contributed by atoms with van der Waals surface area (Å²) in [5.74, 6) is -2.66. The van der Waals surface area contributed by atoms with Gasteiger partial charge < -0.3 is 29.6 Å². The molecule has 0 saturated carbocycles. The highest BCUT2D eigenvalue weighted by molar-refractivity contribution is 7.80. The van der Waals surface area contributed by atoms with Crippen LogP contribution in [0.15, 0.2) is 316 Å². The number of aromatic nitrogens is 1. The Morgan fingerprint density at radius 1 is 0.393 bits per heavy atom. The molecule has 0 spiro atoms. The lowest BCUT2D eigenvalue weighted by atomic mass is 9.92. The molecule has 0 fully saturated rings. The van der Waals surface area contributed by atoms with Gasteiger partial charge in [-0.3, -0.25) is 34.0 Å². The number of rotatable bonds is 15. The molecule has 6 heterocycles. The smallest absolute Gasteiger partial charge is 0.336 e. The topological polar surface area (TPSA) is 293 Å². The number of hydrogen-bond acceptors (Lipinski definition) is 13. The molecule has 1 atom stereocenters. The van der Waals surface area contributed by atoms with Gasteiger partial charge in [0.05, 0.1) is 49.4 Å². The van der Waals surface area contributed by atoms with Gasteiger partial charge in [0.1, 0.15) is 0 Å². The number of fused-ring (bicyclic) bond motifs is 2. The fourth-order valence-corrected chi connectivity index (χ4v) is 13.0. The number of aromatic carboxylic acids is 3. The lowest BCUT2D eigenvalue weighted by molar-refractivity contribution is 0.0687. The van der Waals surface area contributed by atoms with Gasteiger partial charge in [-0.05, 0) is 184 Å². The van der Waals surface area contributed by atoms with Gasteiger partial charge in [-0.2, -0.15) is 8.42 Å². The van der Waals surface area contributed by atoms with Crippen LogP contribution in [-0.2, 0) is 22.8 Å². The van der Waals surface area contributed by atoms with E-state index in [-0.39, 0.29) is 5.78 Å². The minimum absolute atomic E-state index is 0.0994. The molecule has 0 amide bonds. The summed E-state index contributed by atoms with van der Waals surface area (Å²) in [6, 6.07) is 79.6. The highest BCUT2D eigenvalue weighted by atomic mass is 32.2. The number of benzene rings is 11. The molecule has 1 unspecified atom stereocenters. The summed E-state index contributed by atoms with van der Waals surface area (Å²) in [5.41, 5.74) is 20.8. The Morgan fingerprint density at radius 3 is 1.32 bits per heavy atom. The van der Waals surface area contributed by atoms with Crippen molar-refractivity contribution in [1.29, 1.82) is 0 Å². The Hall–Kier alpha value is -13.9. The van der Waals surface area contributed by atoms with Gasteiger partial charge in [0.15, 0.2) is 5.78 Å². The molecule has 5 aliphatic heterocycles. The number of H-pyrrole nitrogens is 1. The molecular weight excluding hydrogens is 1440 g/mol. The fourth-order valence-electron chi connectivity index (χ4n) is 12.7. The van der Waals surface area contributed by atoms with E-state index in [0.717, 1.165) is 129 Å². The molecule has 17 rings (SSSR count). The Balaban J connectivity index is 0.000000134. The number of aliphatic imine (C=N–C) groups is 5. The van der Waals surface area contributed by atoms with Crippen LogP contribution in [0.5, 0.6) is 0 Å². The number of hydrogen-bond donors (Lipinski definition) is 5. The summed E-state index contributed by atoms with van der Waals surface area (Å²) in [6.07, 6.45) is 23.0. The maximum absolute atomic E-state index is 11.8.